The number of amides is 1. The molecular weight excluding hydrogens is 262 g/mol. The quantitative estimate of drug-likeness (QED) is 0.933. The number of anilines is 2. The molecule has 0 unspecified atom stereocenters. The van der Waals surface area contributed by atoms with Crippen molar-refractivity contribution in [3.05, 3.63) is 59.7 Å². The second kappa shape index (κ2) is 5.69. The molecule has 0 aromatic heterocycles. The van der Waals surface area contributed by atoms with Crippen LogP contribution >= 0.6 is 0 Å². The summed E-state index contributed by atoms with van der Waals surface area (Å²) in [5.41, 5.74) is 1.26. The highest BCUT2D eigenvalue weighted by Gasteiger charge is 2.12. The first-order chi connectivity index (χ1) is 9.47. The van der Waals surface area contributed by atoms with Crippen LogP contribution in [-0.2, 0) is 0 Å². The molecule has 0 aliphatic rings. The van der Waals surface area contributed by atoms with Gasteiger partial charge in [0.1, 0.15) is 11.6 Å². The van der Waals surface area contributed by atoms with Crippen LogP contribution in [0.4, 0.5) is 20.2 Å². The maximum Gasteiger partial charge on any atom is 0.258 e. The average Bonchev–Trinajstić information content (AvgIpc) is 2.38. The molecule has 0 saturated carbocycles. The number of nitrogens with zero attached hydrogens (tertiary/aromatic N) is 1. The molecule has 104 valence electrons. The number of carbonyl (C=O) groups is 1. The van der Waals surface area contributed by atoms with Gasteiger partial charge in [0.2, 0.25) is 0 Å². The molecule has 20 heavy (non-hydrogen) atoms. The number of rotatable bonds is 3. The average molecular weight is 276 g/mol. The van der Waals surface area contributed by atoms with Crippen molar-refractivity contribution in [3.8, 4) is 0 Å². The van der Waals surface area contributed by atoms with Gasteiger partial charge in [0, 0.05) is 31.5 Å². The van der Waals surface area contributed by atoms with Crippen LogP contribution in [0.3, 0.4) is 0 Å². The third-order valence-corrected chi connectivity index (χ3v) is 2.80. The fraction of sp³-hybridized carbons (Fsp3) is 0.133. The monoisotopic (exact) mass is 276 g/mol. The van der Waals surface area contributed by atoms with Gasteiger partial charge in [-0.3, -0.25) is 4.79 Å². The minimum atomic E-state index is -0.883. The number of carbonyl (C=O) groups excluding carboxylic acids is 1. The second-order valence-corrected chi connectivity index (χ2v) is 4.52. The Morgan fingerprint density at radius 2 is 1.85 bits per heavy atom. The van der Waals surface area contributed by atoms with Crippen molar-refractivity contribution in [2.45, 2.75) is 0 Å². The molecule has 0 aliphatic carbocycles. The van der Waals surface area contributed by atoms with Crippen molar-refractivity contribution in [1.82, 2.24) is 0 Å². The van der Waals surface area contributed by atoms with E-state index in [1.54, 1.807) is 18.2 Å². The second-order valence-electron chi connectivity index (χ2n) is 4.52. The van der Waals surface area contributed by atoms with E-state index in [9.17, 15) is 13.6 Å². The van der Waals surface area contributed by atoms with Gasteiger partial charge in [0.25, 0.3) is 5.91 Å². The predicted octanol–water partition coefficient (Wildman–Crippen LogP) is 3.28. The number of nitrogens with one attached hydrogen (secondary N) is 1. The molecule has 1 amide bonds. The molecule has 0 atom stereocenters. The lowest BCUT2D eigenvalue weighted by atomic mass is 10.2. The largest absolute Gasteiger partial charge is 0.378 e. The lowest BCUT2D eigenvalue weighted by Gasteiger charge is -2.14. The Hall–Kier alpha value is -2.43. The normalized spacial score (nSPS) is 10.2. The molecule has 0 bridgehead atoms. The Bertz CT molecular complexity index is 642. The van der Waals surface area contributed by atoms with Crippen molar-refractivity contribution >= 4 is 17.3 Å². The Morgan fingerprint density at radius 3 is 2.50 bits per heavy atom. The van der Waals surface area contributed by atoms with Crippen LogP contribution in [0.2, 0.25) is 0 Å². The van der Waals surface area contributed by atoms with Crippen LogP contribution in [0, 0.1) is 11.6 Å². The highest BCUT2D eigenvalue weighted by Crippen LogP contribution is 2.18. The maximum atomic E-state index is 13.5. The zero-order valence-corrected chi connectivity index (χ0v) is 11.2. The van der Waals surface area contributed by atoms with Gasteiger partial charge < -0.3 is 10.2 Å². The summed E-state index contributed by atoms with van der Waals surface area (Å²) in [6, 6.07) is 9.99. The summed E-state index contributed by atoms with van der Waals surface area (Å²) in [6.07, 6.45) is 0. The van der Waals surface area contributed by atoms with Gasteiger partial charge in [-0.1, -0.05) is 6.07 Å². The molecule has 2 aromatic rings. The van der Waals surface area contributed by atoms with Gasteiger partial charge in [0.05, 0.1) is 5.56 Å². The topological polar surface area (TPSA) is 32.3 Å². The maximum absolute atomic E-state index is 13.5. The SMILES string of the molecule is CN(C)c1cccc(NC(=O)c2ccc(F)cc2F)c1. The molecule has 0 saturated heterocycles. The number of benzene rings is 2. The zero-order chi connectivity index (χ0) is 14.7. The van der Waals surface area contributed by atoms with Gasteiger partial charge in [-0.2, -0.15) is 0 Å². The molecule has 3 nitrogen and oxygen atoms in total. The van der Waals surface area contributed by atoms with E-state index in [4.69, 9.17) is 0 Å². The smallest absolute Gasteiger partial charge is 0.258 e. The van der Waals surface area contributed by atoms with Crippen molar-refractivity contribution in [3.63, 3.8) is 0 Å². The zero-order valence-electron chi connectivity index (χ0n) is 11.2. The van der Waals surface area contributed by atoms with E-state index in [2.05, 4.69) is 5.32 Å². The third kappa shape index (κ3) is 3.12. The molecule has 5 heteroatoms. The molecule has 0 heterocycles. The van der Waals surface area contributed by atoms with E-state index >= 15 is 0 Å². The molecular formula is C15H14F2N2O. The Labute approximate surface area is 115 Å². The van der Waals surface area contributed by atoms with E-state index in [-0.39, 0.29) is 5.56 Å². The Kier molecular flexibility index (Phi) is 3.98. The van der Waals surface area contributed by atoms with Crippen molar-refractivity contribution in [2.75, 3.05) is 24.3 Å². The van der Waals surface area contributed by atoms with Crippen LogP contribution in [0.1, 0.15) is 10.4 Å². The van der Waals surface area contributed by atoms with E-state index in [1.165, 1.54) is 0 Å². The van der Waals surface area contributed by atoms with Gasteiger partial charge >= 0.3 is 0 Å². The predicted molar refractivity (Wildman–Crippen MR) is 75.1 cm³/mol. The first kappa shape index (κ1) is 14.0. The van der Waals surface area contributed by atoms with Crippen molar-refractivity contribution < 1.29 is 13.6 Å². The highest BCUT2D eigenvalue weighted by molar-refractivity contribution is 6.04. The van der Waals surface area contributed by atoms with E-state index < -0.39 is 17.5 Å². The van der Waals surface area contributed by atoms with Crippen LogP contribution in [-0.4, -0.2) is 20.0 Å². The third-order valence-electron chi connectivity index (χ3n) is 2.80. The fourth-order valence-electron chi connectivity index (χ4n) is 1.73. The minimum absolute atomic E-state index is 0.193. The summed E-state index contributed by atoms with van der Waals surface area (Å²) in [5, 5.41) is 2.59. The standard InChI is InChI=1S/C15H14F2N2O/c1-19(2)12-5-3-4-11(9-12)18-15(20)13-7-6-10(16)8-14(13)17/h3-9H,1-2H3,(H,18,20). The summed E-state index contributed by atoms with van der Waals surface area (Å²) in [6.45, 7) is 0. The number of halogens is 2. The first-order valence-corrected chi connectivity index (χ1v) is 6.01. The first-order valence-electron chi connectivity index (χ1n) is 6.01. The van der Waals surface area contributed by atoms with E-state index in [1.807, 2.05) is 25.1 Å². The lowest BCUT2D eigenvalue weighted by molar-refractivity contribution is 0.102. The van der Waals surface area contributed by atoms with Gasteiger partial charge in [-0.25, -0.2) is 8.78 Å². The summed E-state index contributed by atoms with van der Waals surface area (Å²) < 4.78 is 26.3. The highest BCUT2D eigenvalue weighted by atomic mass is 19.1. The summed E-state index contributed by atoms with van der Waals surface area (Å²) in [4.78, 5) is 13.8. The van der Waals surface area contributed by atoms with Crippen LogP contribution in [0.25, 0.3) is 0 Å². The molecule has 0 radical (unpaired) electrons. The Balaban J connectivity index is 2.21. The van der Waals surface area contributed by atoms with E-state index in [0.29, 0.717) is 11.8 Å². The van der Waals surface area contributed by atoms with Crippen LogP contribution in [0.5, 0.6) is 0 Å². The molecule has 2 rings (SSSR count). The molecule has 0 aliphatic heterocycles. The molecule has 0 spiro atoms. The number of hydrogen-bond donors (Lipinski definition) is 1. The Morgan fingerprint density at radius 1 is 1.10 bits per heavy atom. The van der Waals surface area contributed by atoms with Gasteiger partial charge in [-0.05, 0) is 30.3 Å². The van der Waals surface area contributed by atoms with Crippen LogP contribution < -0.4 is 10.2 Å². The van der Waals surface area contributed by atoms with Crippen molar-refractivity contribution in [1.29, 1.82) is 0 Å². The lowest BCUT2D eigenvalue weighted by Crippen LogP contribution is -2.15. The van der Waals surface area contributed by atoms with Gasteiger partial charge in [-0.15, -0.1) is 0 Å². The van der Waals surface area contributed by atoms with Gasteiger partial charge in [0.15, 0.2) is 0 Å². The van der Waals surface area contributed by atoms with Crippen LogP contribution in [0.15, 0.2) is 42.5 Å². The summed E-state index contributed by atoms with van der Waals surface area (Å²) >= 11 is 0. The summed E-state index contributed by atoms with van der Waals surface area (Å²) in [5.74, 6) is -2.21. The summed E-state index contributed by atoms with van der Waals surface area (Å²) in [7, 11) is 3.75. The minimum Gasteiger partial charge on any atom is -0.378 e. The fourth-order valence-corrected chi connectivity index (χ4v) is 1.73. The molecule has 1 N–H and O–H groups in total. The van der Waals surface area contributed by atoms with E-state index in [0.717, 1.165) is 17.8 Å². The van der Waals surface area contributed by atoms with Crippen molar-refractivity contribution in [2.24, 2.45) is 0 Å². The number of hydrogen-bond acceptors (Lipinski definition) is 2. The molecule has 2 aromatic carbocycles. The molecule has 0 fully saturated rings.